The molecule has 8 heteroatoms. The molecule has 0 aromatic carbocycles. The van der Waals surface area contributed by atoms with E-state index in [9.17, 15) is 9.59 Å². The van der Waals surface area contributed by atoms with Crippen LogP contribution >= 0.6 is 0 Å². The van der Waals surface area contributed by atoms with Crippen LogP contribution in [-0.4, -0.2) is 86.1 Å². The Hall–Kier alpha value is -2.19. The summed E-state index contributed by atoms with van der Waals surface area (Å²) in [5, 5.41) is 8.56. The minimum atomic E-state index is -0.186. The second-order valence-electron chi connectivity index (χ2n) is 7.69. The summed E-state index contributed by atoms with van der Waals surface area (Å²) in [6, 6.07) is 3.25. The number of amides is 3. The van der Waals surface area contributed by atoms with Crippen LogP contribution < -0.4 is 16.0 Å². The van der Waals surface area contributed by atoms with Crippen molar-refractivity contribution in [2.24, 2.45) is 5.41 Å². The van der Waals surface area contributed by atoms with Crippen LogP contribution in [0.1, 0.15) is 23.2 Å². The van der Waals surface area contributed by atoms with Gasteiger partial charge in [0.15, 0.2) is 0 Å². The van der Waals surface area contributed by atoms with E-state index in [2.05, 4.69) is 37.8 Å². The van der Waals surface area contributed by atoms with Crippen LogP contribution in [0, 0.1) is 5.41 Å². The third-order valence-corrected chi connectivity index (χ3v) is 5.36. The van der Waals surface area contributed by atoms with Crippen molar-refractivity contribution in [2.75, 3.05) is 59.4 Å². The molecule has 3 amide bonds. The topological polar surface area (TPSA) is 89.6 Å². The Bertz CT molecular complexity index is 626. The van der Waals surface area contributed by atoms with Crippen LogP contribution in [0.15, 0.2) is 24.5 Å². The normalized spacial score (nSPS) is 19.3. The van der Waals surface area contributed by atoms with Gasteiger partial charge in [0.2, 0.25) is 0 Å². The number of rotatable bonds is 8. The molecule has 1 saturated heterocycles. The molecule has 0 spiro atoms. The molecule has 1 saturated carbocycles. The van der Waals surface area contributed by atoms with Crippen molar-refractivity contribution in [1.82, 2.24) is 30.7 Å². The molecule has 27 heavy (non-hydrogen) atoms. The van der Waals surface area contributed by atoms with Gasteiger partial charge in [0.25, 0.3) is 5.91 Å². The van der Waals surface area contributed by atoms with E-state index in [0.29, 0.717) is 25.2 Å². The zero-order valence-electron chi connectivity index (χ0n) is 16.0. The van der Waals surface area contributed by atoms with Crippen molar-refractivity contribution in [1.29, 1.82) is 0 Å². The van der Waals surface area contributed by atoms with Crippen LogP contribution in [-0.2, 0) is 0 Å². The minimum absolute atomic E-state index is 0.171. The number of likely N-dealkylation sites (N-methyl/N-ethyl adjacent to an activating group) is 1. The molecular formula is C19H30N6O2. The summed E-state index contributed by atoms with van der Waals surface area (Å²) in [7, 11) is 2.16. The van der Waals surface area contributed by atoms with E-state index < -0.39 is 0 Å². The summed E-state index contributed by atoms with van der Waals surface area (Å²) in [5.41, 5.74) is 0.767. The molecule has 0 bridgehead atoms. The van der Waals surface area contributed by atoms with Crippen molar-refractivity contribution >= 4 is 11.9 Å². The molecular weight excluding hydrogens is 344 g/mol. The van der Waals surface area contributed by atoms with Crippen LogP contribution in [0.5, 0.6) is 0 Å². The molecule has 0 radical (unpaired) electrons. The third-order valence-electron chi connectivity index (χ3n) is 5.36. The van der Waals surface area contributed by atoms with E-state index in [4.69, 9.17) is 0 Å². The van der Waals surface area contributed by atoms with Crippen molar-refractivity contribution in [3.05, 3.63) is 30.1 Å². The summed E-state index contributed by atoms with van der Waals surface area (Å²) in [6.45, 7) is 7.03. The number of aromatic nitrogens is 1. The summed E-state index contributed by atoms with van der Waals surface area (Å²) in [4.78, 5) is 32.7. The summed E-state index contributed by atoms with van der Waals surface area (Å²) in [6.07, 6.45) is 5.51. The van der Waals surface area contributed by atoms with Crippen molar-refractivity contribution < 1.29 is 9.59 Å². The predicted molar refractivity (Wildman–Crippen MR) is 104 cm³/mol. The predicted octanol–water partition coefficient (Wildman–Crippen LogP) is 0.138. The molecule has 8 nitrogen and oxygen atoms in total. The van der Waals surface area contributed by atoms with Crippen LogP contribution in [0.3, 0.4) is 0 Å². The second kappa shape index (κ2) is 9.14. The smallest absolute Gasteiger partial charge is 0.314 e. The number of hydrogen-bond acceptors (Lipinski definition) is 5. The van der Waals surface area contributed by atoms with Crippen molar-refractivity contribution in [2.45, 2.75) is 12.8 Å². The zero-order chi connectivity index (χ0) is 19.1. The molecule has 0 atom stereocenters. The highest BCUT2D eigenvalue weighted by molar-refractivity contribution is 5.93. The Morgan fingerprint density at radius 3 is 2.52 bits per heavy atom. The lowest BCUT2D eigenvalue weighted by molar-refractivity contribution is 0.0953. The largest absolute Gasteiger partial charge is 0.350 e. The van der Waals surface area contributed by atoms with E-state index in [1.165, 1.54) is 19.0 Å². The lowest BCUT2D eigenvalue weighted by Crippen LogP contribution is -2.48. The molecule has 1 aliphatic carbocycles. The zero-order valence-corrected chi connectivity index (χ0v) is 16.0. The number of carbonyl (C=O) groups is 2. The van der Waals surface area contributed by atoms with Crippen LogP contribution in [0.25, 0.3) is 0 Å². The third kappa shape index (κ3) is 6.18. The first-order valence-corrected chi connectivity index (χ1v) is 9.67. The first-order valence-electron chi connectivity index (χ1n) is 9.67. The first-order chi connectivity index (χ1) is 13.1. The standard InChI is InChI=1S/C19H30N6O2/c1-24-9-11-25(12-10-24)15-19(4-5-19)14-23-18(27)22-8-7-21-17(26)16-3-2-6-20-13-16/h2-3,6,13H,4-5,7-12,14-15H2,1H3,(H,21,26)(H2,22,23,27). The Morgan fingerprint density at radius 2 is 1.85 bits per heavy atom. The second-order valence-corrected chi connectivity index (χ2v) is 7.69. The molecule has 3 rings (SSSR count). The van der Waals surface area contributed by atoms with Gasteiger partial charge in [-0.05, 0) is 32.0 Å². The number of urea groups is 1. The van der Waals surface area contributed by atoms with Gasteiger partial charge in [-0.25, -0.2) is 4.79 Å². The maximum absolute atomic E-state index is 12.0. The van der Waals surface area contributed by atoms with E-state index in [1.54, 1.807) is 18.3 Å². The fraction of sp³-hybridized carbons (Fsp3) is 0.632. The van der Waals surface area contributed by atoms with Gasteiger partial charge in [-0.2, -0.15) is 0 Å². The summed E-state index contributed by atoms with van der Waals surface area (Å²) >= 11 is 0. The average Bonchev–Trinajstić information content (AvgIpc) is 3.46. The van der Waals surface area contributed by atoms with Crippen molar-refractivity contribution in [3.8, 4) is 0 Å². The summed E-state index contributed by atoms with van der Waals surface area (Å²) in [5.74, 6) is -0.186. The number of nitrogens with one attached hydrogen (secondary N) is 3. The van der Waals surface area contributed by atoms with E-state index in [-0.39, 0.29) is 17.4 Å². The molecule has 3 N–H and O–H groups in total. The number of carbonyl (C=O) groups excluding carboxylic acids is 2. The van der Waals surface area contributed by atoms with Gasteiger partial charge in [0.05, 0.1) is 5.56 Å². The number of nitrogens with zero attached hydrogens (tertiary/aromatic N) is 3. The molecule has 148 valence electrons. The van der Waals surface area contributed by atoms with Gasteiger partial charge in [-0.3, -0.25) is 9.78 Å². The molecule has 1 aromatic heterocycles. The van der Waals surface area contributed by atoms with Gasteiger partial charge in [0, 0.05) is 70.2 Å². The minimum Gasteiger partial charge on any atom is -0.350 e. The van der Waals surface area contributed by atoms with Crippen LogP contribution in [0.4, 0.5) is 4.79 Å². The van der Waals surface area contributed by atoms with Gasteiger partial charge in [0.1, 0.15) is 0 Å². The highest BCUT2D eigenvalue weighted by atomic mass is 16.2. The van der Waals surface area contributed by atoms with Gasteiger partial charge < -0.3 is 25.8 Å². The van der Waals surface area contributed by atoms with Crippen LogP contribution in [0.2, 0.25) is 0 Å². The Morgan fingerprint density at radius 1 is 1.11 bits per heavy atom. The highest BCUT2D eigenvalue weighted by Gasteiger charge is 2.44. The summed E-state index contributed by atoms with van der Waals surface area (Å²) < 4.78 is 0. The van der Waals surface area contributed by atoms with Crippen molar-refractivity contribution in [3.63, 3.8) is 0 Å². The average molecular weight is 374 g/mol. The Balaban J connectivity index is 1.28. The number of piperazine rings is 1. The maximum Gasteiger partial charge on any atom is 0.314 e. The number of pyridine rings is 1. The molecule has 2 aliphatic rings. The Labute approximate surface area is 160 Å². The van der Waals surface area contributed by atoms with Gasteiger partial charge in [-0.1, -0.05) is 0 Å². The molecule has 2 fully saturated rings. The van der Waals surface area contributed by atoms with Gasteiger partial charge >= 0.3 is 6.03 Å². The van der Waals surface area contributed by atoms with Gasteiger partial charge in [-0.15, -0.1) is 0 Å². The maximum atomic E-state index is 12.0. The molecule has 1 aliphatic heterocycles. The SMILES string of the molecule is CN1CCN(CC2(CNC(=O)NCCNC(=O)c3cccnc3)CC2)CC1. The lowest BCUT2D eigenvalue weighted by atomic mass is 10.1. The Kier molecular flexibility index (Phi) is 6.63. The highest BCUT2D eigenvalue weighted by Crippen LogP contribution is 2.45. The monoisotopic (exact) mass is 374 g/mol. The van der Waals surface area contributed by atoms with E-state index in [1.807, 2.05) is 0 Å². The van der Waals surface area contributed by atoms with E-state index in [0.717, 1.165) is 32.7 Å². The first kappa shape index (κ1) is 19.6. The number of hydrogen-bond donors (Lipinski definition) is 3. The molecule has 0 unspecified atom stereocenters. The van der Waals surface area contributed by atoms with E-state index >= 15 is 0 Å². The fourth-order valence-corrected chi connectivity index (χ4v) is 3.33. The fourth-order valence-electron chi connectivity index (χ4n) is 3.33. The molecule has 1 aromatic rings. The quantitative estimate of drug-likeness (QED) is 0.563. The lowest BCUT2D eigenvalue weighted by Gasteiger charge is -2.34. The molecule has 2 heterocycles.